The van der Waals surface area contributed by atoms with Gasteiger partial charge in [-0.1, -0.05) is 25.3 Å². The summed E-state index contributed by atoms with van der Waals surface area (Å²) in [6.07, 6.45) is 5.16. The molecule has 18 heavy (non-hydrogen) atoms. The minimum Gasteiger partial charge on any atom is -0.426 e. The minimum absolute atomic E-state index is 0.00372. The zero-order valence-corrected chi connectivity index (χ0v) is 10.2. The summed E-state index contributed by atoms with van der Waals surface area (Å²) < 4.78 is 5.30. The van der Waals surface area contributed by atoms with Crippen molar-refractivity contribution >= 4 is 11.9 Å². The predicted molar refractivity (Wildman–Crippen MR) is 67.2 cm³/mol. The molecule has 0 unspecified atom stereocenters. The highest BCUT2D eigenvalue weighted by molar-refractivity contribution is 5.93. The second kappa shape index (κ2) is 5.67. The fourth-order valence-electron chi connectivity index (χ4n) is 2.25. The van der Waals surface area contributed by atoms with Gasteiger partial charge in [0.05, 0.1) is 5.92 Å². The second-order valence-corrected chi connectivity index (χ2v) is 4.65. The average molecular weight is 247 g/mol. The van der Waals surface area contributed by atoms with Crippen LogP contribution in [-0.2, 0) is 4.79 Å². The van der Waals surface area contributed by atoms with Gasteiger partial charge in [0.2, 0.25) is 5.91 Å². The van der Waals surface area contributed by atoms with Crippen LogP contribution >= 0.6 is 0 Å². The number of rotatable bonds is 3. The third-order valence-electron chi connectivity index (χ3n) is 3.28. The van der Waals surface area contributed by atoms with Crippen LogP contribution in [0, 0.1) is 5.92 Å². The molecule has 4 nitrogen and oxygen atoms in total. The molecular weight excluding hydrogens is 230 g/mol. The highest BCUT2D eigenvalue weighted by Gasteiger charge is 2.23. The smallest absolute Gasteiger partial charge is 0.314 e. The molecule has 1 fully saturated rings. The Morgan fingerprint density at radius 1 is 1.17 bits per heavy atom. The van der Waals surface area contributed by atoms with Gasteiger partial charge in [-0.25, -0.2) is 0 Å². The molecule has 0 aromatic heterocycles. The summed E-state index contributed by atoms with van der Waals surface area (Å²) >= 11 is 0. The Hall–Kier alpha value is -1.84. The largest absolute Gasteiger partial charge is 0.426 e. The first-order chi connectivity index (χ1) is 8.66. The van der Waals surface area contributed by atoms with E-state index in [2.05, 4.69) is 0 Å². The zero-order chi connectivity index (χ0) is 13.0. The fraction of sp³-hybridized carbons (Fsp3) is 0.429. The van der Waals surface area contributed by atoms with E-state index >= 15 is 0 Å². The van der Waals surface area contributed by atoms with Crippen LogP contribution in [0.4, 0.5) is 0 Å². The fourth-order valence-corrected chi connectivity index (χ4v) is 2.25. The summed E-state index contributed by atoms with van der Waals surface area (Å²) in [7, 11) is 0. The van der Waals surface area contributed by atoms with Crippen molar-refractivity contribution in [3.63, 3.8) is 0 Å². The molecule has 0 aliphatic heterocycles. The van der Waals surface area contributed by atoms with Crippen molar-refractivity contribution in [1.82, 2.24) is 0 Å². The van der Waals surface area contributed by atoms with Crippen LogP contribution < -0.4 is 10.5 Å². The summed E-state index contributed by atoms with van der Waals surface area (Å²) in [4.78, 5) is 22.9. The minimum atomic E-state index is -0.523. The first kappa shape index (κ1) is 12.6. The van der Waals surface area contributed by atoms with E-state index in [1.165, 1.54) is 12.5 Å². The molecule has 2 N–H and O–H groups in total. The maximum absolute atomic E-state index is 11.9. The molecule has 4 heteroatoms. The molecule has 1 amide bonds. The van der Waals surface area contributed by atoms with Gasteiger partial charge in [0, 0.05) is 5.56 Å². The van der Waals surface area contributed by atoms with E-state index in [1.807, 2.05) is 0 Å². The first-order valence-electron chi connectivity index (χ1n) is 6.28. The summed E-state index contributed by atoms with van der Waals surface area (Å²) in [6.45, 7) is 0. The number of hydrogen-bond acceptors (Lipinski definition) is 3. The van der Waals surface area contributed by atoms with E-state index in [0.29, 0.717) is 11.3 Å². The van der Waals surface area contributed by atoms with E-state index in [4.69, 9.17) is 10.5 Å². The lowest BCUT2D eigenvalue weighted by molar-refractivity contribution is -0.139. The number of hydrogen-bond donors (Lipinski definition) is 1. The quantitative estimate of drug-likeness (QED) is 0.658. The molecule has 0 spiro atoms. The Kier molecular flexibility index (Phi) is 3.97. The second-order valence-electron chi connectivity index (χ2n) is 4.65. The maximum atomic E-state index is 11.9. The van der Waals surface area contributed by atoms with Crippen LogP contribution in [-0.4, -0.2) is 11.9 Å². The first-order valence-corrected chi connectivity index (χ1v) is 6.28. The Morgan fingerprint density at radius 3 is 2.56 bits per heavy atom. The molecule has 1 aromatic rings. The lowest BCUT2D eigenvalue weighted by Gasteiger charge is -2.19. The Balaban J connectivity index is 2.02. The van der Waals surface area contributed by atoms with Gasteiger partial charge >= 0.3 is 5.97 Å². The SMILES string of the molecule is NC(=O)c1cccc(OC(=O)C2CCCCC2)c1. The normalized spacial score (nSPS) is 16.2. The van der Waals surface area contributed by atoms with E-state index < -0.39 is 5.91 Å². The maximum Gasteiger partial charge on any atom is 0.314 e. The number of carbonyl (C=O) groups is 2. The molecule has 0 saturated heterocycles. The van der Waals surface area contributed by atoms with Crippen molar-refractivity contribution in [1.29, 1.82) is 0 Å². The molecule has 0 radical (unpaired) electrons. The number of primary amides is 1. The van der Waals surface area contributed by atoms with Crippen molar-refractivity contribution in [2.45, 2.75) is 32.1 Å². The Labute approximate surface area is 106 Å². The van der Waals surface area contributed by atoms with Gasteiger partial charge < -0.3 is 10.5 Å². The molecule has 2 rings (SSSR count). The summed E-state index contributed by atoms with van der Waals surface area (Å²) in [5, 5.41) is 0. The topological polar surface area (TPSA) is 69.4 Å². The predicted octanol–water partition coefficient (Wildman–Crippen LogP) is 2.27. The third-order valence-corrected chi connectivity index (χ3v) is 3.28. The van der Waals surface area contributed by atoms with Gasteiger partial charge in [0.25, 0.3) is 0 Å². The number of nitrogens with two attached hydrogens (primary N) is 1. The number of ether oxygens (including phenoxy) is 1. The standard InChI is InChI=1S/C14H17NO3/c15-13(16)11-7-4-8-12(9-11)18-14(17)10-5-2-1-3-6-10/h4,7-10H,1-3,5-6H2,(H2,15,16). The van der Waals surface area contributed by atoms with Crippen molar-refractivity contribution in [2.24, 2.45) is 11.7 Å². The van der Waals surface area contributed by atoms with Crippen LogP contribution in [0.3, 0.4) is 0 Å². The Morgan fingerprint density at radius 2 is 1.89 bits per heavy atom. The molecule has 0 heterocycles. The molecule has 1 aromatic carbocycles. The van der Waals surface area contributed by atoms with Crippen LogP contribution in [0.25, 0.3) is 0 Å². The monoisotopic (exact) mass is 247 g/mol. The van der Waals surface area contributed by atoms with E-state index in [1.54, 1.807) is 18.2 Å². The lowest BCUT2D eigenvalue weighted by atomic mass is 9.89. The van der Waals surface area contributed by atoms with E-state index in [0.717, 1.165) is 25.7 Å². The van der Waals surface area contributed by atoms with Gasteiger partial charge in [-0.3, -0.25) is 9.59 Å². The highest BCUT2D eigenvalue weighted by Crippen LogP contribution is 2.25. The van der Waals surface area contributed by atoms with Gasteiger partial charge in [-0.15, -0.1) is 0 Å². The molecule has 1 saturated carbocycles. The van der Waals surface area contributed by atoms with Crippen molar-refractivity contribution in [2.75, 3.05) is 0 Å². The molecule has 1 aliphatic carbocycles. The summed E-state index contributed by atoms with van der Waals surface area (Å²) in [5.74, 6) is -0.334. The highest BCUT2D eigenvalue weighted by atomic mass is 16.5. The van der Waals surface area contributed by atoms with E-state index in [9.17, 15) is 9.59 Å². The van der Waals surface area contributed by atoms with Gasteiger partial charge in [-0.05, 0) is 31.0 Å². The Bertz CT molecular complexity index is 450. The lowest BCUT2D eigenvalue weighted by Crippen LogP contribution is -2.23. The molecule has 0 atom stereocenters. The number of benzene rings is 1. The van der Waals surface area contributed by atoms with Gasteiger partial charge in [-0.2, -0.15) is 0 Å². The molecule has 0 bridgehead atoms. The van der Waals surface area contributed by atoms with Crippen LogP contribution in [0.15, 0.2) is 24.3 Å². The summed E-state index contributed by atoms with van der Waals surface area (Å²) in [5.41, 5.74) is 5.53. The third kappa shape index (κ3) is 3.09. The summed E-state index contributed by atoms with van der Waals surface area (Å²) in [6, 6.07) is 6.42. The number of carbonyl (C=O) groups excluding carboxylic acids is 2. The number of amides is 1. The van der Waals surface area contributed by atoms with Crippen molar-refractivity contribution in [3.8, 4) is 5.75 Å². The van der Waals surface area contributed by atoms with E-state index in [-0.39, 0.29) is 11.9 Å². The van der Waals surface area contributed by atoms with Crippen molar-refractivity contribution < 1.29 is 14.3 Å². The average Bonchev–Trinajstić information content (AvgIpc) is 2.40. The number of esters is 1. The zero-order valence-electron chi connectivity index (χ0n) is 10.2. The van der Waals surface area contributed by atoms with Crippen LogP contribution in [0.5, 0.6) is 5.75 Å². The van der Waals surface area contributed by atoms with Crippen LogP contribution in [0.1, 0.15) is 42.5 Å². The van der Waals surface area contributed by atoms with Crippen LogP contribution in [0.2, 0.25) is 0 Å². The molecule has 96 valence electrons. The molecule has 1 aliphatic rings. The molecular formula is C14H17NO3. The van der Waals surface area contributed by atoms with Gasteiger partial charge in [0.15, 0.2) is 0 Å². The van der Waals surface area contributed by atoms with Crippen molar-refractivity contribution in [3.05, 3.63) is 29.8 Å². The van der Waals surface area contributed by atoms with Gasteiger partial charge in [0.1, 0.15) is 5.75 Å².